The minimum Gasteiger partial charge on any atom is -0.497 e. The van der Waals surface area contributed by atoms with Crippen LogP contribution in [0.25, 0.3) is 0 Å². The maximum atomic E-state index is 12.1. The summed E-state index contributed by atoms with van der Waals surface area (Å²) >= 11 is 2.78. The Labute approximate surface area is 200 Å². The Kier molecular flexibility index (Phi) is 9.40. The maximum Gasteiger partial charge on any atom is 0.264 e. The van der Waals surface area contributed by atoms with Gasteiger partial charge in [-0.15, -0.1) is 23.1 Å². The van der Waals surface area contributed by atoms with E-state index in [-0.39, 0.29) is 18.4 Å². The molecule has 0 unspecified atom stereocenters. The van der Waals surface area contributed by atoms with Gasteiger partial charge in [0.1, 0.15) is 17.2 Å². The Bertz CT molecular complexity index is 1040. The highest BCUT2D eigenvalue weighted by Crippen LogP contribution is 2.21. The van der Waals surface area contributed by atoms with Crippen LogP contribution < -0.4 is 24.8 Å². The van der Waals surface area contributed by atoms with Crippen LogP contribution in [0.4, 0.5) is 10.8 Å². The number of thioether (sulfide) groups is 1. The second kappa shape index (κ2) is 12.7. The number of methoxy groups -OCH3 is 1. The Hall–Kier alpha value is -3.24. The largest absolute Gasteiger partial charge is 0.497 e. The van der Waals surface area contributed by atoms with Crippen molar-refractivity contribution < 1.29 is 23.8 Å². The van der Waals surface area contributed by atoms with E-state index in [1.165, 1.54) is 23.1 Å². The summed E-state index contributed by atoms with van der Waals surface area (Å²) in [6.07, 6.45) is 0. The molecule has 174 valence electrons. The molecule has 0 aliphatic heterocycles. The third kappa shape index (κ3) is 8.32. The molecule has 0 spiro atoms. The summed E-state index contributed by atoms with van der Waals surface area (Å²) < 4.78 is 16.0. The summed E-state index contributed by atoms with van der Waals surface area (Å²) in [5.41, 5.74) is 1.51. The lowest BCUT2D eigenvalue weighted by atomic mass is 10.3. The fraction of sp³-hybridized carbons (Fsp3) is 0.261. The lowest BCUT2D eigenvalue weighted by Crippen LogP contribution is -2.20. The number of rotatable bonds is 12. The predicted molar refractivity (Wildman–Crippen MR) is 132 cm³/mol. The van der Waals surface area contributed by atoms with Crippen molar-refractivity contribution in [2.45, 2.75) is 12.7 Å². The molecule has 1 heterocycles. The molecular formula is C23H25N3O5S2. The zero-order valence-electron chi connectivity index (χ0n) is 18.3. The second-order valence-corrected chi connectivity index (χ2v) is 8.50. The van der Waals surface area contributed by atoms with Gasteiger partial charge in [0.25, 0.3) is 5.91 Å². The number of carbonyl (C=O) groups is 2. The Morgan fingerprint density at radius 1 is 0.939 bits per heavy atom. The van der Waals surface area contributed by atoms with Gasteiger partial charge >= 0.3 is 0 Å². The van der Waals surface area contributed by atoms with Crippen LogP contribution in [-0.4, -0.2) is 42.9 Å². The highest BCUT2D eigenvalue weighted by molar-refractivity contribution is 7.99. The lowest BCUT2D eigenvalue weighted by Gasteiger charge is -2.07. The van der Waals surface area contributed by atoms with Gasteiger partial charge in [0.2, 0.25) is 5.91 Å². The van der Waals surface area contributed by atoms with Crippen LogP contribution >= 0.6 is 23.1 Å². The molecule has 1 aromatic heterocycles. The number of amides is 2. The van der Waals surface area contributed by atoms with Gasteiger partial charge in [-0.3, -0.25) is 14.9 Å². The SMILES string of the molecule is CCOc1ccc(OCC(=O)Nc2nc(CSCC(=O)Nc3ccc(OC)cc3)cs2)cc1. The van der Waals surface area contributed by atoms with Crippen molar-refractivity contribution in [2.24, 2.45) is 0 Å². The van der Waals surface area contributed by atoms with Gasteiger partial charge in [-0.05, 0) is 55.5 Å². The third-order valence-electron chi connectivity index (χ3n) is 4.16. The Morgan fingerprint density at radius 3 is 2.27 bits per heavy atom. The molecule has 2 aromatic carbocycles. The molecular weight excluding hydrogens is 462 g/mol. The molecule has 0 saturated carbocycles. The zero-order chi connectivity index (χ0) is 23.5. The molecule has 0 aliphatic rings. The summed E-state index contributed by atoms with van der Waals surface area (Å²) in [5.74, 6) is 2.53. The number of hydrogen-bond acceptors (Lipinski definition) is 8. The summed E-state index contributed by atoms with van der Waals surface area (Å²) in [4.78, 5) is 28.6. The van der Waals surface area contributed by atoms with Crippen LogP contribution in [0.3, 0.4) is 0 Å². The minimum absolute atomic E-state index is 0.0969. The van der Waals surface area contributed by atoms with Crippen LogP contribution in [0.5, 0.6) is 17.2 Å². The van der Waals surface area contributed by atoms with Crippen LogP contribution in [0.15, 0.2) is 53.9 Å². The van der Waals surface area contributed by atoms with Gasteiger partial charge in [-0.25, -0.2) is 4.98 Å². The van der Waals surface area contributed by atoms with Gasteiger partial charge in [0, 0.05) is 16.8 Å². The number of aromatic nitrogens is 1. The van der Waals surface area contributed by atoms with Crippen LogP contribution in [-0.2, 0) is 15.3 Å². The number of ether oxygens (including phenoxy) is 3. The Morgan fingerprint density at radius 2 is 1.61 bits per heavy atom. The van der Waals surface area contributed by atoms with E-state index in [0.717, 1.165) is 17.2 Å². The van der Waals surface area contributed by atoms with E-state index in [2.05, 4.69) is 15.6 Å². The van der Waals surface area contributed by atoms with Crippen LogP contribution in [0, 0.1) is 0 Å². The highest BCUT2D eigenvalue weighted by Gasteiger charge is 2.09. The van der Waals surface area contributed by atoms with Crippen molar-refractivity contribution in [2.75, 3.05) is 36.7 Å². The molecule has 0 atom stereocenters. The van der Waals surface area contributed by atoms with Gasteiger partial charge in [0.05, 0.1) is 25.2 Å². The average Bonchev–Trinajstić information content (AvgIpc) is 3.26. The topological polar surface area (TPSA) is 98.8 Å². The Balaban J connectivity index is 1.35. The predicted octanol–water partition coefficient (Wildman–Crippen LogP) is 4.44. The molecule has 3 aromatic rings. The number of carbonyl (C=O) groups excluding carboxylic acids is 2. The number of hydrogen-bond donors (Lipinski definition) is 2. The van der Waals surface area contributed by atoms with Crippen molar-refractivity contribution >= 4 is 45.7 Å². The number of anilines is 2. The van der Waals surface area contributed by atoms with E-state index in [1.807, 2.05) is 12.3 Å². The molecule has 2 amide bonds. The zero-order valence-corrected chi connectivity index (χ0v) is 20.0. The first-order valence-corrected chi connectivity index (χ1v) is 12.2. The molecule has 8 nitrogen and oxygen atoms in total. The summed E-state index contributed by atoms with van der Waals surface area (Å²) in [6.45, 7) is 2.38. The van der Waals surface area contributed by atoms with Crippen LogP contribution in [0.1, 0.15) is 12.6 Å². The van der Waals surface area contributed by atoms with Gasteiger partial charge < -0.3 is 19.5 Å². The van der Waals surface area contributed by atoms with Gasteiger partial charge in [0.15, 0.2) is 11.7 Å². The molecule has 2 N–H and O–H groups in total. The van der Waals surface area contributed by atoms with Crippen molar-refractivity contribution in [1.82, 2.24) is 4.98 Å². The first kappa shape index (κ1) is 24.4. The maximum absolute atomic E-state index is 12.1. The summed E-state index contributed by atoms with van der Waals surface area (Å²) in [7, 11) is 1.59. The molecule has 10 heteroatoms. The lowest BCUT2D eigenvalue weighted by molar-refractivity contribution is -0.118. The number of benzene rings is 2. The normalized spacial score (nSPS) is 10.4. The van der Waals surface area contributed by atoms with Crippen molar-refractivity contribution in [1.29, 1.82) is 0 Å². The highest BCUT2D eigenvalue weighted by atomic mass is 32.2. The third-order valence-corrected chi connectivity index (χ3v) is 5.93. The number of nitrogens with zero attached hydrogens (tertiary/aromatic N) is 1. The van der Waals surface area contributed by atoms with E-state index < -0.39 is 0 Å². The minimum atomic E-state index is -0.295. The summed E-state index contributed by atoms with van der Waals surface area (Å²) in [5, 5.41) is 7.91. The number of thiazole rings is 1. The van der Waals surface area contributed by atoms with Crippen LogP contribution in [0.2, 0.25) is 0 Å². The van der Waals surface area contributed by atoms with Crippen molar-refractivity contribution in [3.8, 4) is 17.2 Å². The molecule has 0 aliphatic carbocycles. The van der Waals surface area contributed by atoms with Crippen molar-refractivity contribution in [3.63, 3.8) is 0 Å². The first-order chi connectivity index (χ1) is 16.1. The number of nitrogens with one attached hydrogen (secondary N) is 2. The molecule has 0 fully saturated rings. The van der Waals surface area contributed by atoms with Crippen molar-refractivity contribution in [3.05, 3.63) is 59.6 Å². The van der Waals surface area contributed by atoms with Gasteiger partial charge in [-0.1, -0.05) is 0 Å². The molecule has 0 radical (unpaired) electrons. The summed E-state index contributed by atoms with van der Waals surface area (Å²) in [6, 6.07) is 14.2. The standard InChI is InChI=1S/C23H25N3O5S2/c1-3-30-19-8-10-20(11-9-19)31-12-21(27)26-23-25-17(14-33-23)13-32-15-22(28)24-16-4-6-18(29-2)7-5-16/h4-11,14H,3,12-13,15H2,1-2H3,(H,24,28)(H,25,26,27). The van der Waals surface area contributed by atoms with E-state index in [9.17, 15) is 9.59 Å². The van der Waals surface area contributed by atoms with Gasteiger partial charge in [-0.2, -0.15) is 0 Å². The second-order valence-electron chi connectivity index (χ2n) is 6.65. The smallest absolute Gasteiger partial charge is 0.264 e. The molecule has 33 heavy (non-hydrogen) atoms. The monoisotopic (exact) mass is 487 g/mol. The molecule has 0 saturated heterocycles. The fourth-order valence-corrected chi connectivity index (χ4v) is 4.20. The van der Waals surface area contributed by atoms with E-state index in [4.69, 9.17) is 14.2 Å². The molecule has 0 bridgehead atoms. The quantitative estimate of drug-likeness (QED) is 0.390. The van der Waals surface area contributed by atoms with E-state index in [0.29, 0.717) is 34.7 Å². The molecule has 3 rings (SSSR count). The van der Waals surface area contributed by atoms with E-state index in [1.54, 1.807) is 55.6 Å². The average molecular weight is 488 g/mol. The fourth-order valence-electron chi connectivity index (χ4n) is 2.65. The first-order valence-electron chi connectivity index (χ1n) is 10.2. The van der Waals surface area contributed by atoms with E-state index >= 15 is 0 Å².